The summed E-state index contributed by atoms with van der Waals surface area (Å²) in [6.45, 7) is 3.44. The largest absolute Gasteiger partial charge is 0.466 e. The highest BCUT2D eigenvalue weighted by Gasteiger charge is 2.41. The third-order valence-electron chi connectivity index (χ3n) is 7.07. The van der Waals surface area contributed by atoms with Crippen LogP contribution in [-0.2, 0) is 30.4 Å². The van der Waals surface area contributed by atoms with Gasteiger partial charge in [-0.15, -0.1) is 0 Å². The smallest absolute Gasteiger partial charge is 0.336 e. The average Bonchev–Trinajstić information content (AvgIpc) is 3.03. The lowest BCUT2D eigenvalue weighted by molar-refractivity contribution is -0.385. The summed E-state index contributed by atoms with van der Waals surface area (Å²) < 4.78 is 10.6. The molecule has 0 radical (unpaired) electrons. The minimum atomic E-state index is -1.60. The van der Waals surface area contributed by atoms with Crippen molar-refractivity contribution in [3.8, 4) is 0 Å². The molecule has 0 saturated carbocycles. The molecule has 2 atom stereocenters. The van der Waals surface area contributed by atoms with Gasteiger partial charge in [-0.05, 0) is 37.6 Å². The zero-order valence-corrected chi connectivity index (χ0v) is 25.8. The normalized spacial score (nSPS) is 13.1. The number of carbonyl (C=O) groups excluding carboxylic acids is 3. The van der Waals surface area contributed by atoms with Gasteiger partial charge in [-0.1, -0.05) is 54.6 Å². The maximum Gasteiger partial charge on any atom is 0.336 e. The van der Waals surface area contributed by atoms with E-state index >= 15 is 0 Å². The van der Waals surface area contributed by atoms with Gasteiger partial charge in [-0.2, -0.15) is 0 Å². The van der Waals surface area contributed by atoms with Gasteiger partial charge in [0.1, 0.15) is 18.3 Å². The molecule has 0 aliphatic carbocycles. The highest BCUT2D eigenvalue weighted by Crippen LogP contribution is 2.38. The molecule has 0 aromatic heterocycles. The van der Waals surface area contributed by atoms with Crippen molar-refractivity contribution in [2.75, 3.05) is 27.3 Å². The zero-order chi connectivity index (χ0) is 33.8. The van der Waals surface area contributed by atoms with Crippen LogP contribution in [0, 0.1) is 26.1 Å². The molecule has 13 heteroatoms. The average molecular weight is 631 g/mol. The predicted molar refractivity (Wildman–Crippen MR) is 169 cm³/mol. The molecule has 3 aromatic carbocycles. The Morgan fingerprint density at radius 2 is 1.54 bits per heavy atom. The number of ether oxygens (including phenoxy) is 2. The first-order chi connectivity index (χ1) is 21.9. The van der Waals surface area contributed by atoms with E-state index in [1.54, 1.807) is 6.07 Å². The maximum absolute atomic E-state index is 13.6. The number of nitro benzene ring substituents is 2. The number of non-ortho nitro benzene ring substituents is 2. The van der Waals surface area contributed by atoms with Crippen LogP contribution >= 0.6 is 0 Å². The first-order valence-corrected chi connectivity index (χ1v) is 14.1. The van der Waals surface area contributed by atoms with Gasteiger partial charge in [0, 0.05) is 55.2 Å². The van der Waals surface area contributed by atoms with Crippen molar-refractivity contribution in [1.29, 1.82) is 0 Å². The summed E-state index contributed by atoms with van der Waals surface area (Å²) >= 11 is 0. The molecule has 46 heavy (non-hydrogen) atoms. The molecule has 0 aliphatic rings. The lowest BCUT2D eigenvalue weighted by Gasteiger charge is -2.27. The fraction of sp³-hybridized carbons (Fsp3) is 0.273. The number of aliphatic imine (C=N–C) groups is 1. The Balaban J connectivity index is 2.04. The first kappa shape index (κ1) is 34.9. The number of rotatable bonds is 15. The lowest BCUT2D eigenvalue weighted by Crippen LogP contribution is -2.35. The van der Waals surface area contributed by atoms with E-state index < -0.39 is 39.4 Å². The Hall–Kier alpha value is -5.56. The number of ketones is 1. The van der Waals surface area contributed by atoms with Crippen LogP contribution in [0.3, 0.4) is 0 Å². The molecule has 240 valence electrons. The van der Waals surface area contributed by atoms with Gasteiger partial charge in [0.15, 0.2) is 0 Å². The summed E-state index contributed by atoms with van der Waals surface area (Å²) in [5, 5.41) is 22.9. The molecule has 0 fully saturated rings. The number of hydrogen-bond donors (Lipinski definition) is 0. The van der Waals surface area contributed by atoms with E-state index in [-0.39, 0.29) is 34.8 Å². The van der Waals surface area contributed by atoms with E-state index in [4.69, 9.17) is 9.47 Å². The van der Waals surface area contributed by atoms with Crippen LogP contribution in [0.4, 0.5) is 11.4 Å². The highest BCUT2D eigenvalue weighted by molar-refractivity contribution is 6.02. The number of carbonyl (C=O) groups is 3. The number of methoxy groups -OCH3 is 1. The second-order valence-corrected chi connectivity index (χ2v) is 10.4. The zero-order valence-electron chi connectivity index (χ0n) is 25.8. The molecule has 0 bridgehead atoms. The minimum absolute atomic E-state index is 0.0107. The molecule has 0 N–H and O–H groups in total. The van der Waals surface area contributed by atoms with E-state index in [2.05, 4.69) is 4.99 Å². The van der Waals surface area contributed by atoms with E-state index in [0.717, 1.165) is 19.6 Å². The monoisotopic (exact) mass is 630 g/mol. The molecular weight excluding hydrogens is 596 g/mol. The number of benzene rings is 3. The number of Topliss-reactive ketones (excluding diaryl/α,β-unsaturated/α-hetero) is 1. The van der Waals surface area contributed by atoms with Crippen LogP contribution in [0.2, 0.25) is 0 Å². The third kappa shape index (κ3) is 9.47. The third-order valence-corrected chi connectivity index (χ3v) is 7.07. The number of nitrogens with zero attached hydrogens (tertiary/aromatic N) is 4. The molecule has 0 heterocycles. The van der Waals surface area contributed by atoms with Crippen LogP contribution in [0.1, 0.15) is 36.5 Å². The van der Waals surface area contributed by atoms with Crippen molar-refractivity contribution in [1.82, 2.24) is 4.90 Å². The van der Waals surface area contributed by atoms with Gasteiger partial charge >= 0.3 is 11.9 Å². The SMILES string of the molecule is COC(=O)/C(=C(\C)N=Cc1cccc([N+](=O)[O-])c1)C(c1cccc([N+](=O)[O-])c1)C(C(C)=O)C(=O)OCCN(C)Cc1ccccc1. The highest BCUT2D eigenvalue weighted by atomic mass is 16.6. The van der Waals surface area contributed by atoms with Gasteiger partial charge in [0.05, 0.1) is 22.5 Å². The number of hydrogen-bond acceptors (Lipinski definition) is 11. The van der Waals surface area contributed by atoms with Crippen molar-refractivity contribution in [3.63, 3.8) is 0 Å². The van der Waals surface area contributed by atoms with Crippen LogP contribution in [0.15, 0.2) is 95.1 Å². The van der Waals surface area contributed by atoms with E-state index in [0.29, 0.717) is 18.7 Å². The van der Waals surface area contributed by atoms with Gasteiger partial charge in [0.2, 0.25) is 0 Å². The number of allylic oxidation sites excluding steroid dienone is 1. The number of likely N-dealkylation sites (N-methyl/N-ethyl adjacent to an activating group) is 1. The van der Waals surface area contributed by atoms with Crippen molar-refractivity contribution >= 4 is 35.3 Å². The number of esters is 2. The van der Waals surface area contributed by atoms with Gasteiger partial charge in [0.25, 0.3) is 11.4 Å². The molecule has 3 aromatic rings. The Kier molecular flexibility index (Phi) is 12.5. The maximum atomic E-state index is 13.6. The molecule has 0 aliphatic heterocycles. The Morgan fingerprint density at radius 3 is 2.15 bits per heavy atom. The Labute approximate surface area is 265 Å². The lowest BCUT2D eigenvalue weighted by atomic mass is 9.77. The Morgan fingerprint density at radius 1 is 0.913 bits per heavy atom. The second kappa shape index (κ2) is 16.5. The van der Waals surface area contributed by atoms with Crippen molar-refractivity contribution in [2.24, 2.45) is 10.9 Å². The summed E-state index contributed by atoms with van der Waals surface area (Å²) in [5.74, 6) is -5.52. The summed E-state index contributed by atoms with van der Waals surface area (Å²) in [6, 6.07) is 20.5. The summed E-state index contributed by atoms with van der Waals surface area (Å²) in [6.07, 6.45) is 1.28. The van der Waals surface area contributed by atoms with Crippen LogP contribution in [0.5, 0.6) is 0 Å². The van der Waals surface area contributed by atoms with Crippen LogP contribution in [0.25, 0.3) is 0 Å². The molecular formula is C33H34N4O9. The van der Waals surface area contributed by atoms with Gasteiger partial charge in [-0.25, -0.2) is 4.79 Å². The molecule has 2 unspecified atom stereocenters. The fourth-order valence-corrected chi connectivity index (χ4v) is 4.83. The molecule has 13 nitrogen and oxygen atoms in total. The molecule has 0 saturated heterocycles. The summed E-state index contributed by atoms with van der Waals surface area (Å²) in [5.41, 5.74) is 0.784. The Bertz CT molecular complexity index is 1650. The van der Waals surface area contributed by atoms with Gasteiger partial charge in [-0.3, -0.25) is 39.7 Å². The quantitative estimate of drug-likeness (QED) is 0.0553. The van der Waals surface area contributed by atoms with E-state index in [1.807, 2.05) is 42.3 Å². The van der Waals surface area contributed by atoms with Gasteiger partial charge < -0.3 is 9.47 Å². The van der Waals surface area contributed by atoms with E-state index in [9.17, 15) is 34.6 Å². The predicted octanol–water partition coefficient (Wildman–Crippen LogP) is 5.03. The van der Waals surface area contributed by atoms with Crippen molar-refractivity contribution < 1.29 is 33.7 Å². The molecule has 3 rings (SSSR count). The van der Waals surface area contributed by atoms with Crippen molar-refractivity contribution in [3.05, 3.63) is 127 Å². The van der Waals surface area contributed by atoms with E-state index in [1.165, 1.54) is 55.6 Å². The number of nitro groups is 2. The summed E-state index contributed by atoms with van der Waals surface area (Å²) in [7, 11) is 2.95. The summed E-state index contributed by atoms with van der Waals surface area (Å²) in [4.78, 5) is 68.0. The molecule has 0 amide bonds. The second-order valence-electron chi connectivity index (χ2n) is 10.4. The fourth-order valence-electron chi connectivity index (χ4n) is 4.83. The topological polar surface area (TPSA) is 172 Å². The van der Waals surface area contributed by atoms with Crippen LogP contribution < -0.4 is 0 Å². The van der Waals surface area contributed by atoms with Crippen molar-refractivity contribution in [2.45, 2.75) is 26.3 Å². The molecule has 0 spiro atoms. The first-order valence-electron chi connectivity index (χ1n) is 14.1. The van der Waals surface area contributed by atoms with Crippen LogP contribution in [-0.4, -0.2) is 66.0 Å². The standard InChI is InChI=1S/C33H34N4O9/c1-22(34-20-25-12-8-14-27(18-25)36(41)42)29(32(39)45-4)31(26-13-9-15-28(19-26)37(43)44)30(23(2)38)33(40)46-17-16-35(3)21-24-10-6-5-7-11-24/h5-15,18-20,30-31H,16-17,21H2,1-4H3/b29-22+,34-20?. The minimum Gasteiger partial charge on any atom is -0.466 e.